The third-order valence-electron chi connectivity index (χ3n) is 4.38. The van der Waals surface area contributed by atoms with Crippen molar-refractivity contribution in [1.29, 1.82) is 0 Å². The van der Waals surface area contributed by atoms with E-state index in [4.69, 9.17) is 14.2 Å². The van der Waals surface area contributed by atoms with Gasteiger partial charge >= 0.3 is 0 Å². The first-order valence-electron chi connectivity index (χ1n) is 9.16. The lowest BCUT2D eigenvalue weighted by atomic mass is 10.1. The van der Waals surface area contributed by atoms with E-state index < -0.39 is 0 Å². The normalized spacial score (nSPS) is 13.7. The van der Waals surface area contributed by atoms with Crippen LogP contribution in [0.2, 0.25) is 0 Å². The minimum Gasteiger partial charge on any atom is -0.493 e. The molecule has 0 radical (unpaired) electrons. The van der Waals surface area contributed by atoms with Gasteiger partial charge in [-0.25, -0.2) is 0 Å². The summed E-state index contributed by atoms with van der Waals surface area (Å²) in [6.07, 6.45) is 0.338. The number of para-hydroxylation sites is 2. The molecule has 1 fully saturated rings. The topological polar surface area (TPSA) is 77.1 Å². The Bertz CT molecular complexity index is 801. The first-order valence-corrected chi connectivity index (χ1v) is 9.16. The lowest BCUT2D eigenvalue weighted by Crippen LogP contribution is -2.41. The van der Waals surface area contributed by atoms with Crippen LogP contribution in [0.25, 0.3) is 0 Å². The number of nitrogens with zero attached hydrogens (tertiary/aromatic N) is 1. The Kier molecular flexibility index (Phi) is 6.86. The zero-order chi connectivity index (χ0) is 19.8. The van der Waals surface area contributed by atoms with E-state index >= 15 is 0 Å². The summed E-state index contributed by atoms with van der Waals surface area (Å²) in [6, 6.07) is 14.4. The predicted octanol–water partition coefficient (Wildman–Crippen LogP) is 2.11. The van der Waals surface area contributed by atoms with Crippen molar-refractivity contribution in [3.8, 4) is 11.5 Å². The van der Waals surface area contributed by atoms with E-state index in [1.54, 1.807) is 31.4 Å². The van der Waals surface area contributed by atoms with Gasteiger partial charge in [0.05, 0.1) is 26.7 Å². The molecule has 0 aliphatic carbocycles. The third kappa shape index (κ3) is 5.47. The molecule has 7 heteroatoms. The highest BCUT2D eigenvalue weighted by Crippen LogP contribution is 2.25. The van der Waals surface area contributed by atoms with E-state index in [0.717, 1.165) is 5.56 Å². The third-order valence-corrected chi connectivity index (χ3v) is 4.38. The van der Waals surface area contributed by atoms with Crippen LogP contribution in [0, 0.1) is 0 Å². The Morgan fingerprint density at radius 3 is 2.39 bits per heavy atom. The first-order chi connectivity index (χ1) is 13.7. The molecule has 0 spiro atoms. The SMILES string of the molecule is COc1ccccc1OCC(=O)Nc1ccc(CC(=O)N2CCOCC2)cc1. The van der Waals surface area contributed by atoms with E-state index in [0.29, 0.717) is 49.9 Å². The van der Waals surface area contributed by atoms with Gasteiger partial charge in [0.25, 0.3) is 5.91 Å². The van der Waals surface area contributed by atoms with Crippen molar-refractivity contribution >= 4 is 17.5 Å². The maximum Gasteiger partial charge on any atom is 0.262 e. The summed E-state index contributed by atoms with van der Waals surface area (Å²) < 4.78 is 16.0. The Hall–Kier alpha value is -3.06. The molecule has 148 valence electrons. The van der Waals surface area contributed by atoms with Crippen molar-refractivity contribution in [1.82, 2.24) is 4.90 Å². The van der Waals surface area contributed by atoms with Crippen LogP contribution in [0.15, 0.2) is 48.5 Å². The predicted molar refractivity (Wildman–Crippen MR) is 105 cm³/mol. The van der Waals surface area contributed by atoms with Gasteiger partial charge < -0.3 is 24.4 Å². The van der Waals surface area contributed by atoms with Crippen molar-refractivity contribution in [2.24, 2.45) is 0 Å². The van der Waals surface area contributed by atoms with Crippen molar-refractivity contribution in [3.05, 3.63) is 54.1 Å². The number of morpholine rings is 1. The molecule has 2 aromatic carbocycles. The fourth-order valence-corrected chi connectivity index (χ4v) is 2.88. The molecule has 1 saturated heterocycles. The van der Waals surface area contributed by atoms with Gasteiger partial charge in [-0.15, -0.1) is 0 Å². The molecule has 1 aliphatic heterocycles. The number of carbonyl (C=O) groups is 2. The number of hydrogen-bond acceptors (Lipinski definition) is 5. The molecule has 2 aromatic rings. The van der Waals surface area contributed by atoms with E-state index in [1.165, 1.54) is 0 Å². The fraction of sp³-hybridized carbons (Fsp3) is 0.333. The maximum atomic E-state index is 12.3. The number of benzene rings is 2. The first kappa shape index (κ1) is 19.7. The summed E-state index contributed by atoms with van der Waals surface area (Å²) in [5.41, 5.74) is 1.55. The maximum absolute atomic E-state index is 12.3. The second kappa shape index (κ2) is 9.75. The van der Waals surface area contributed by atoms with Gasteiger partial charge in [0, 0.05) is 18.8 Å². The average Bonchev–Trinajstić information content (AvgIpc) is 2.74. The molecule has 2 amide bonds. The molecule has 0 saturated carbocycles. The van der Waals surface area contributed by atoms with E-state index in [2.05, 4.69) is 5.32 Å². The van der Waals surface area contributed by atoms with Crippen LogP contribution in [-0.4, -0.2) is 56.7 Å². The summed E-state index contributed by atoms with van der Waals surface area (Å²) >= 11 is 0. The Labute approximate surface area is 164 Å². The van der Waals surface area contributed by atoms with Crippen LogP contribution in [-0.2, 0) is 20.7 Å². The van der Waals surface area contributed by atoms with Gasteiger partial charge in [0.15, 0.2) is 18.1 Å². The smallest absolute Gasteiger partial charge is 0.262 e. The number of ether oxygens (including phenoxy) is 3. The second-order valence-electron chi connectivity index (χ2n) is 6.35. The number of rotatable bonds is 7. The highest BCUT2D eigenvalue weighted by molar-refractivity contribution is 5.92. The number of anilines is 1. The molecule has 0 bridgehead atoms. The number of hydrogen-bond donors (Lipinski definition) is 1. The monoisotopic (exact) mass is 384 g/mol. The summed E-state index contributed by atoms with van der Waals surface area (Å²) in [6.45, 7) is 2.33. The molecular weight excluding hydrogens is 360 g/mol. The molecule has 1 N–H and O–H groups in total. The standard InChI is InChI=1S/C21H24N2O5/c1-26-18-4-2-3-5-19(18)28-15-20(24)22-17-8-6-16(7-9-17)14-21(25)23-10-12-27-13-11-23/h2-9H,10-15H2,1H3,(H,22,24). The van der Waals surface area contributed by atoms with Crippen molar-refractivity contribution in [3.63, 3.8) is 0 Å². The molecule has 0 atom stereocenters. The molecule has 0 aromatic heterocycles. The molecule has 1 aliphatic rings. The Morgan fingerprint density at radius 1 is 1.04 bits per heavy atom. The van der Waals surface area contributed by atoms with E-state index in [-0.39, 0.29) is 18.4 Å². The average molecular weight is 384 g/mol. The van der Waals surface area contributed by atoms with Crippen molar-refractivity contribution < 1.29 is 23.8 Å². The molecule has 1 heterocycles. The lowest BCUT2D eigenvalue weighted by molar-refractivity contribution is -0.134. The molecule has 7 nitrogen and oxygen atoms in total. The molecule has 0 unspecified atom stereocenters. The number of methoxy groups -OCH3 is 1. The van der Waals surface area contributed by atoms with E-state index in [9.17, 15) is 9.59 Å². The quantitative estimate of drug-likeness (QED) is 0.791. The highest BCUT2D eigenvalue weighted by atomic mass is 16.5. The summed E-state index contributed by atoms with van der Waals surface area (Å²) in [5, 5.41) is 2.78. The van der Waals surface area contributed by atoms with Crippen LogP contribution < -0.4 is 14.8 Å². The largest absolute Gasteiger partial charge is 0.493 e. The van der Waals surface area contributed by atoms with Gasteiger partial charge in [-0.3, -0.25) is 9.59 Å². The zero-order valence-electron chi connectivity index (χ0n) is 15.8. The van der Waals surface area contributed by atoms with Crippen LogP contribution in [0.4, 0.5) is 5.69 Å². The number of carbonyl (C=O) groups excluding carboxylic acids is 2. The van der Waals surface area contributed by atoms with Gasteiger partial charge in [-0.1, -0.05) is 24.3 Å². The van der Waals surface area contributed by atoms with Crippen LogP contribution in [0.1, 0.15) is 5.56 Å². The summed E-state index contributed by atoms with van der Waals surface area (Å²) in [5.74, 6) is 0.898. The summed E-state index contributed by atoms with van der Waals surface area (Å²) in [7, 11) is 1.55. The van der Waals surface area contributed by atoms with E-state index in [1.807, 2.05) is 29.2 Å². The molecule has 28 heavy (non-hydrogen) atoms. The Balaban J connectivity index is 1.48. The number of nitrogens with one attached hydrogen (secondary N) is 1. The van der Waals surface area contributed by atoms with Gasteiger partial charge in [-0.05, 0) is 29.8 Å². The zero-order valence-corrected chi connectivity index (χ0v) is 15.8. The van der Waals surface area contributed by atoms with Crippen molar-refractivity contribution in [2.45, 2.75) is 6.42 Å². The van der Waals surface area contributed by atoms with Gasteiger partial charge in [0.1, 0.15) is 0 Å². The minimum atomic E-state index is -0.275. The fourth-order valence-electron chi connectivity index (χ4n) is 2.88. The van der Waals surface area contributed by atoms with Crippen LogP contribution >= 0.6 is 0 Å². The van der Waals surface area contributed by atoms with Crippen molar-refractivity contribution in [2.75, 3.05) is 45.3 Å². The molecule has 3 rings (SSSR count). The lowest BCUT2D eigenvalue weighted by Gasteiger charge is -2.26. The van der Waals surface area contributed by atoms with Gasteiger partial charge in [0.2, 0.25) is 5.91 Å². The van der Waals surface area contributed by atoms with Gasteiger partial charge in [-0.2, -0.15) is 0 Å². The highest BCUT2D eigenvalue weighted by Gasteiger charge is 2.17. The second-order valence-corrected chi connectivity index (χ2v) is 6.35. The number of amides is 2. The summed E-state index contributed by atoms with van der Waals surface area (Å²) in [4.78, 5) is 26.2. The van der Waals surface area contributed by atoms with Crippen LogP contribution in [0.5, 0.6) is 11.5 Å². The Morgan fingerprint density at radius 2 is 1.71 bits per heavy atom. The minimum absolute atomic E-state index is 0.0882. The molecular formula is C21H24N2O5. The van der Waals surface area contributed by atoms with Crippen LogP contribution in [0.3, 0.4) is 0 Å².